The fourth-order valence-corrected chi connectivity index (χ4v) is 4.41. The van der Waals surface area contributed by atoms with Crippen LogP contribution in [0.4, 0.5) is 15.0 Å². The molecule has 0 bridgehead atoms. The van der Waals surface area contributed by atoms with Crippen molar-refractivity contribution in [2.45, 2.75) is 57.8 Å². The molecule has 2 aromatic carbocycles. The van der Waals surface area contributed by atoms with Crippen LogP contribution in [0.1, 0.15) is 39.2 Å². The molecule has 0 saturated carbocycles. The van der Waals surface area contributed by atoms with Crippen LogP contribution in [-0.2, 0) is 16.1 Å². The van der Waals surface area contributed by atoms with Gasteiger partial charge in [0.05, 0.1) is 5.60 Å². The fraction of sp³-hybridized carbons (Fsp3) is 0.370. The number of pyridine rings is 1. The molecule has 10 heteroatoms. The summed E-state index contributed by atoms with van der Waals surface area (Å²) in [4.78, 5) is 30.5. The van der Waals surface area contributed by atoms with Gasteiger partial charge in [-0.3, -0.25) is 15.0 Å². The van der Waals surface area contributed by atoms with Crippen LogP contribution in [0.5, 0.6) is 0 Å². The molecule has 0 aliphatic carbocycles. The molecule has 3 rings (SSSR count). The van der Waals surface area contributed by atoms with E-state index in [0.29, 0.717) is 17.0 Å². The molecule has 1 aromatic heterocycles. The van der Waals surface area contributed by atoms with E-state index in [-0.39, 0.29) is 31.3 Å². The van der Waals surface area contributed by atoms with E-state index in [1.54, 1.807) is 32.0 Å². The number of nitrogens with zero attached hydrogens (tertiary/aromatic N) is 2. The molecule has 0 spiro atoms. The standard InChI is InChI=1S/C27H32ClFN4O4/c1-17(10-24(30)34)33(15-19-6-4-5-7-23(19)28)22(13-27(2,3)36)16-37-26(35)32-25-12-20-11-21(29)9-8-18(20)14-31-25/h4-9,11-12,14,17,22,36H,10,13,15-16H2,1-3H3,(H2,30,34)(H,31,32,35)/t17?,22-/m0/s1. The Morgan fingerprint density at radius 1 is 1.22 bits per heavy atom. The third-order valence-electron chi connectivity index (χ3n) is 5.90. The van der Waals surface area contributed by atoms with Crippen molar-refractivity contribution in [2.75, 3.05) is 11.9 Å². The van der Waals surface area contributed by atoms with Crippen LogP contribution in [0.3, 0.4) is 0 Å². The van der Waals surface area contributed by atoms with Crippen molar-refractivity contribution in [3.63, 3.8) is 0 Å². The third-order valence-corrected chi connectivity index (χ3v) is 6.27. The van der Waals surface area contributed by atoms with Gasteiger partial charge >= 0.3 is 6.09 Å². The van der Waals surface area contributed by atoms with Crippen molar-refractivity contribution in [2.24, 2.45) is 5.73 Å². The highest BCUT2D eigenvalue weighted by Crippen LogP contribution is 2.25. The number of hydrogen-bond acceptors (Lipinski definition) is 6. The number of anilines is 1. The zero-order chi connectivity index (χ0) is 27.2. The SMILES string of the molecule is CC(CC(N)=O)N(Cc1ccccc1Cl)[C@H](COC(=O)Nc1cc2cc(F)ccc2cn1)CC(C)(C)O. The molecular weight excluding hydrogens is 499 g/mol. The van der Waals surface area contributed by atoms with E-state index in [0.717, 1.165) is 10.9 Å². The Morgan fingerprint density at radius 2 is 1.95 bits per heavy atom. The van der Waals surface area contributed by atoms with Crippen molar-refractivity contribution < 1.29 is 23.8 Å². The Bertz CT molecular complexity index is 1250. The minimum Gasteiger partial charge on any atom is -0.448 e. The molecule has 0 aliphatic heterocycles. The molecule has 1 heterocycles. The van der Waals surface area contributed by atoms with E-state index >= 15 is 0 Å². The molecule has 1 unspecified atom stereocenters. The molecule has 0 radical (unpaired) electrons. The second kappa shape index (κ2) is 12.3. The van der Waals surface area contributed by atoms with Gasteiger partial charge in [-0.25, -0.2) is 14.2 Å². The van der Waals surface area contributed by atoms with Crippen molar-refractivity contribution in [1.82, 2.24) is 9.88 Å². The summed E-state index contributed by atoms with van der Waals surface area (Å²) in [7, 11) is 0. The van der Waals surface area contributed by atoms with E-state index in [1.165, 1.54) is 18.3 Å². The molecule has 198 valence electrons. The monoisotopic (exact) mass is 530 g/mol. The molecule has 0 saturated heterocycles. The molecule has 0 aliphatic rings. The number of nitrogens with two attached hydrogens (primary N) is 1. The minimum atomic E-state index is -1.10. The van der Waals surface area contributed by atoms with Crippen LogP contribution < -0.4 is 11.1 Å². The Labute approximate surface area is 220 Å². The number of ether oxygens (including phenoxy) is 1. The average Bonchev–Trinajstić information content (AvgIpc) is 2.80. The first-order valence-electron chi connectivity index (χ1n) is 11.9. The van der Waals surface area contributed by atoms with Gasteiger partial charge in [0.2, 0.25) is 5.91 Å². The topological polar surface area (TPSA) is 118 Å². The lowest BCUT2D eigenvalue weighted by Gasteiger charge is -2.38. The summed E-state index contributed by atoms with van der Waals surface area (Å²) in [5, 5.41) is 15.0. The zero-order valence-corrected chi connectivity index (χ0v) is 21.8. The number of hydrogen-bond donors (Lipinski definition) is 3. The predicted molar refractivity (Wildman–Crippen MR) is 142 cm³/mol. The first-order valence-corrected chi connectivity index (χ1v) is 12.3. The van der Waals surface area contributed by atoms with Gasteiger partial charge in [-0.1, -0.05) is 29.8 Å². The van der Waals surface area contributed by atoms with Gasteiger partial charge in [-0.05, 0) is 68.5 Å². The smallest absolute Gasteiger partial charge is 0.412 e. The molecular formula is C27H32ClFN4O4. The summed E-state index contributed by atoms with van der Waals surface area (Å²) in [5.41, 5.74) is 5.19. The average molecular weight is 531 g/mol. The zero-order valence-electron chi connectivity index (χ0n) is 21.1. The van der Waals surface area contributed by atoms with Crippen LogP contribution >= 0.6 is 11.6 Å². The quantitative estimate of drug-likeness (QED) is 0.325. The molecule has 2 atom stereocenters. The van der Waals surface area contributed by atoms with Crippen LogP contribution in [0.15, 0.2) is 54.7 Å². The fourth-order valence-electron chi connectivity index (χ4n) is 4.22. The van der Waals surface area contributed by atoms with Gasteiger partial charge in [-0.15, -0.1) is 0 Å². The second-order valence-corrected chi connectivity index (χ2v) is 10.1. The normalized spacial score (nSPS) is 13.4. The summed E-state index contributed by atoms with van der Waals surface area (Å²) in [5.74, 6) is -0.668. The lowest BCUT2D eigenvalue weighted by Crippen LogP contribution is -2.48. The number of nitrogens with one attached hydrogen (secondary N) is 1. The van der Waals surface area contributed by atoms with Crippen LogP contribution in [0.25, 0.3) is 10.8 Å². The molecule has 2 amide bonds. The third kappa shape index (κ3) is 8.66. The first-order chi connectivity index (χ1) is 17.4. The van der Waals surface area contributed by atoms with Crippen molar-refractivity contribution in [1.29, 1.82) is 0 Å². The van der Waals surface area contributed by atoms with E-state index in [2.05, 4.69) is 10.3 Å². The number of carbonyl (C=O) groups is 2. The lowest BCUT2D eigenvalue weighted by atomic mass is 9.96. The Balaban J connectivity index is 1.78. The Kier molecular flexibility index (Phi) is 9.42. The lowest BCUT2D eigenvalue weighted by molar-refractivity contribution is -0.119. The molecule has 8 nitrogen and oxygen atoms in total. The summed E-state index contributed by atoms with van der Waals surface area (Å²) in [6, 6.07) is 12.3. The molecule has 37 heavy (non-hydrogen) atoms. The van der Waals surface area contributed by atoms with Gasteiger partial charge < -0.3 is 15.6 Å². The summed E-state index contributed by atoms with van der Waals surface area (Å²) >= 11 is 6.39. The number of aliphatic hydroxyl groups is 1. The molecule has 3 aromatic rings. The maximum atomic E-state index is 13.6. The number of carbonyl (C=O) groups excluding carboxylic acids is 2. The maximum absolute atomic E-state index is 13.6. The Hall–Kier alpha value is -3.27. The summed E-state index contributed by atoms with van der Waals surface area (Å²) in [6.45, 7) is 5.41. The molecule has 4 N–H and O–H groups in total. The van der Waals surface area contributed by atoms with Crippen molar-refractivity contribution in [3.05, 3.63) is 71.1 Å². The van der Waals surface area contributed by atoms with Gasteiger partial charge in [0.15, 0.2) is 0 Å². The molecule has 0 fully saturated rings. The van der Waals surface area contributed by atoms with Crippen LogP contribution in [-0.4, -0.2) is 51.3 Å². The van der Waals surface area contributed by atoms with Gasteiger partial charge in [0, 0.05) is 41.7 Å². The van der Waals surface area contributed by atoms with Crippen LogP contribution in [0.2, 0.25) is 5.02 Å². The first kappa shape index (κ1) is 28.3. The second-order valence-electron chi connectivity index (χ2n) is 9.74. The van der Waals surface area contributed by atoms with Crippen LogP contribution in [0, 0.1) is 5.82 Å². The van der Waals surface area contributed by atoms with E-state index in [4.69, 9.17) is 22.1 Å². The van der Waals surface area contributed by atoms with Crippen molar-refractivity contribution in [3.8, 4) is 0 Å². The summed E-state index contributed by atoms with van der Waals surface area (Å²) in [6.07, 6.45) is 1.07. The van der Waals surface area contributed by atoms with Gasteiger partial charge in [0.1, 0.15) is 18.2 Å². The number of rotatable bonds is 11. The van der Waals surface area contributed by atoms with E-state index in [9.17, 15) is 19.1 Å². The Morgan fingerprint density at radius 3 is 2.62 bits per heavy atom. The van der Waals surface area contributed by atoms with Gasteiger partial charge in [-0.2, -0.15) is 0 Å². The highest BCUT2D eigenvalue weighted by atomic mass is 35.5. The van der Waals surface area contributed by atoms with Crippen molar-refractivity contribution >= 4 is 40.2 Å². The summed E-state index contributed by atoms with van der Waals surface area (Å²) < 4.78 is 19.1. The highest BCUT2D eigenvalue weighted by molar-refractivity contribution is 6.31. The number of benzene rings is 2. The maximum Gasteiger partial charge on any atom is 0.412 e. The number of amides is 2. The minimum absolute atomic E-state index is 0.0660. The number of halogens is 2. The van der Waals surface area contributed by atoms with E-state index in [1.807, 2.05) is 30.0 Å². The number of primary amides is 1. The highest BCUT2D eigenvalue weighted by Gasteiger charge is 2.31. The number of aromatic nitrogens is 1. The van der Waals surface area contributed by atoms with E-state index < -0.39 is 29.5 Å². The number of fused-ring (bicyclic) bond motifs is 1. The van der Waals surface area contributed by atoms with Gasteiger partial charge in [0.25, 0.3) is 0 Å². The predicted octanol–water partition coefficient (Wildman–Crippen LogP) is 4.87. The largest absolute Gasteiger partial charge is 0.448 e.